The number of carbonyl (C=O) groups excluding carboxylic acids is 1. The summed E-state index contributed by atoms with van der Waals surface area (Å²) in [4.78, 5) is 16.9. The van der Waals surface area contributed by atoms with Gasteiger partial charge >= 0.3 is 0 Å². The maximum Gasteiger partial charge on any atom is 0.227 e. The summed E-state index contributed by atoms with van der Waals surface area (Å²) in [7, 11) is 0. The third-order valence-electron chi connectivity index (χ3n) is 6.60. The summed E-state index contributed by atoms with van der Waals surface area (Å²) in [6.45, 7) is 1.98. The molecular weight excluding hydrogens is 396 g/mol. The average Bonchev–Trinajstić information content (AvgIpc) is 3.02. The molecule has 5 atom stereocenters. The van der Waals surface area contributed by atoms with E-state index in [-0.39, 0.29) is 17.9 Å². The van der Waals surface area contributed by atoms with E-state index in [1.807, 2.05) is 11.5 Å². The molecule has 0 saturated heterocycles. The minimum Gasteiger partial charge on any atom is -0.327 e. The quantitative estimate of drug-likeness (QED) is 0.616. The fourth-order valence-corrected chi connectivity index (χ4v) is 5.24. The topological polar surface area (TPSA) is 46.9 Å². The number of imidazole rings is 1. The van der Waals surface area contributed by atoms with Crippen LogP contribution in [0.25, 0.3) is 11.0 Å². The second-order valence-corrected chi connectivity index (χ2v) is 8.66. The molecule has 0 bridgehead atoms. The minimum atomic E-state index is -0.877. The first-order valence-electron chi connectivity index (χ1n) is 9.80. The van der Waals surface area contributed by atoms with Crippen LogP contribution in [0, 0.1) is 35.3 Å². The second-order valence-electron chi connectivity index (χ2n) is 8.22. The summed E-state index contributed by atoms with van der Waals surface area (Å²) in [5.41, 5.74) is 1.84. The van der Waals surface area contributed by atoms with Gasteiger partial charge in [-0.15, -0.1) is 0 Å². The number of nitrogens with one attached hydrogen (secondary N) is 1. The number of aromatic nitrogens is 2. The highest BCUT2D eigenvalue weighted by Crippen LogP contribution is 2.64. The zero-order valence-corrected chi connectivity index (χ0v) is 16.5. The maximum atomic E-state index is 13.7. The van der Waals surface area contributed by atoms with Gasteiger partial charge in [0.2, 0.25) is 5.91 Å². The lowest BCUT2D eigenvalue weighted by molar-refractivity contribution is -0.120. The smallest absolute Gasteiger partial charge is 0.227 e. The van der Waals surface area contributed by atoms with Gasteiger partial charge in [0, 0.05) is 34.8 Å². The number of hydrogen-bond acceptors (Lipinski definition) is 2. The highest BCUT2D eigenvalue weighted by atomic mass is 35.5. The Hall–Kier alpha value is -2.47. The molecule has 2 aliphatic carbocycles. The van der Waals surface area contributed by atoms with E-state index < -0.39 is 11.6 Å². The number of hydrogen-bond donors (Lipinski definition) is 1. The molecular formula is C22H20ClF2N3O. The van der Waals surface area contributed by atoms with Crippen molar-refractivity contribution < 1.29 is 13.6 Å². The summed E-state index contributed by atoms with van der Waals surface area (Å²) in [6.07, 6.45) is 3.53. The minimum absolute atomic E-state index is 0.0221. The van der Waals surface area contributed by atoms with E-state index in [2.05, 4.69) is 10.3 Å². The number of anilines is 1. The Labute approximate surface area is 171 Å². The highest BCUT2D eigenvalue weighted by Gasteiger charge is 2.59. The van der Waals surface area contributed by atoms with E-state index in [9.17, 15) is 13.6 Å². The van der Waals surface area contributed by atoms with Crippen molar-refractivity contribution in [1.29, 1.82) is 0 Å². The van der Waals surface area contributed by atoms with Gasteiger partial charge < -0.3 is 9.88 Å². The summed E-state index contributed by atoms with van der Waals surface area (Å²) in [6, 6.07) is 9.67. The molecule has 5 rings (SSSR count). The van der Waals surface area contributed by atoms with Crippen LogP contribution in [0.5, 0.6) is 0 Å². The third-order valence-corrected chi connectivity index (χ3v) is 6.85. The summed E-state index contributed by atoms with van der Waals surface area (Å²) in [5.74, 6) is -0.461. The Kier molecular flexibility index (Phi) is 4.35. The number of rotatable bonds is 4. The van der Waals surface area contributed by atoms with Gasteiger partial charge in [-0.1, -0.05) is 18.5 Å². The van der Waals surface area contributed by atoms with Crippen molar-refractivity contribution in [3.8, 4) is 0 Å². The molecule has 1 heterocycles. The summed E-state index contributed by atoms with van der Waals surface area (Å²) < 4.78 is 29.1. The lowest BCUT2D eigenvalue weighted by Gasteiger charge is -2.20. The van der Waals surface area contributed by atoms with Crippen LogP contribution in [-0.4, -0.2) is 15.5 Å². The molecule has 1 amide bonds. The monoisotopic (exact) mass is 415 g/mol. The van der Waals surface area contributed by atoms with Crippen molar-refractivity contribution >= 4 is 34.2 Å². The Morgan fingerprint density at radius 1 is 1.17 bits per heavy atom. The molecule has 1 unspecified atom stereocenters. The molecule has 3 aromatic rings. The van der Waals surface area contributed by atoms with E-state index in [4.69, 9.17) is 11.6 Å². The normalized spacial score (nSPS) is 26.3. The molecule has 0 spiro atoms. The molecule has 2 saturated carbocycles. The number of amides is 1. The van der Waals surface area contributed by atoms with E-state index in [1.165, 1.54) is 6.07 Å². The van der Waals surface area contributed by atoms with E-state index in [0.717, 1.165) is 24.6 Å². The van der Waals surface area contributed by atoms with Crippen LogP contribution in [0.1, 0.15) is 25.8 Å². The molecule has 4 nitrogen and oxygen atoms in total. The van der Waals surface area contributed by atoms with Crippen molar-refractivity contribution in [2.24, 2.45) is 23.7 Å². The first kappa shape index (κ1) is 18.6. The largest absolute Gasteiger partial charge is 0.327 e. The van der Waals surface area contributed by atoms with Gasteiger partial charge in [-0.25, -0.2) is 13.8 Å². The lowest BCUT2D eigenvalue weighted by Crippen LogP contribution is -2.24. The molecule has 29 heavy (non-hydrogen) atoms. The fraction of sp³-hybridized carbons (Fsp3) is 0.364. The standard InChI is InChI=1S/C22H20ClF2N3O/c1-11(22(29)27-13-4-2-12(23)3-5-13)21-15-6-14(7-16(15)21)28-10-26-19-8-17(24)18(25)9-20(19)28/h2-5,8-11,14-16,21H,6-7H2,1H3,(H,27,29)/t11?,14-,15-,16+,21+. The Bertz CT molecular complexity index is 1090. The van der Waals surface area contributed by atoms with Gasteiger partial charge in [0.15, 0.2) is 11.6 Å². The van der Waals surface area contributed by atoms with Crippen molar-refractivity contribution in [3.63, 3.8) is 0 Å². The molecule has 2 aromatic carbocycles. The molecule has 2 aliphatic rings. The van der Waals surface area contributed by atoms with Gasteiger partial charge in [0.05, 0.1) is 17.4 Å². The van der Waals surface area contributed by atoms with Crippen molar-refractivity contribution in [3.05, 3.63) is 59.4 Å². The van der Waals surface area contributed by atoms with Crippen molar-refractivity contribution in [2.45, 2.75) is 25.8 Å². The maximum absolute atomic E-state index is 13.7. The first-order chi connectivity index (χ1) is 13.9. The van der Waals surface area contributed by atoms with Gasteiger partial charge in [-0.3, -0.25) is 4.79 Å². The average molecular weight is 416 g/mol. The number of halogens is 3. The number of nitrogens with zero attached hydrogens (tertiary/aromatic N) is 2. The SMILES string of the molecule is CC(C(=O)Nc1ccc(Cl)cc1)[C@H]1[C@@H]2C[C@@H](n3cnc4cc(F)c(F)cc43)C[C@@H]21. The van der Waals surface area contributed by atoms with Crippen LogP contribution >= 0.6 is 11.6 Å². The van der Waals surface area contributed by atoms with Crippen LogP contribution in [-0.2, 0) is 4.79 Å². The molecule has 7 heteroatoms. The van der Waals surface area contributed by atoms with E-state index in [1.54, 1.807) is 30.6 Å². The van der Waals surface area contributed by atoms with Crippen LogP contribution in [0.3, 0.4) is 0 Å². The summed E-state index contributed by atoms with van der Waals surface area (Å²) >= 11 is 5.89. The first-order valence-corrected chi connectivity index (χ1v) is 10.2. The van der Waals surface area contributed by atoms with Gasteiger partial charge in [-0.2, -0.15) is 0 Å². The Balaban J connectivity index is 1.25. The summed E-state index contributed by atoms with van der Waals surface area (Å²) in [5, 5.41) is 3.60. The zero-order chi connectivity index (χ0) is 20.3. The van der Waals surface area contributed by atoms with Crippen LogP contribution in [0.4, 0.5) is 14.5 Å². The van der Waals surface area contributed by atoms with Crippen LogP contribution in [0.15, 0.2) is 42.7 Å². The lowest BCUT2D eigenvalue weighted by atomic mass is 9.96. The third kappa shape index (κ3) is 3.19. The van der Waals surface area contributed by atoms with Crippen LogP contribution < -0.4 is 5.32 Å². The molecule has 0 radical (unpaired) electrons. The second kappa shape index (κ2) is 6.80. The Morgan fingerprint density at radius 2 is 1.83 bits per heavy atom. The predicted molar refractivity (Wildman–Crippen MR) is 108 cm³/mol. The molecule has 150 valence electrons. The van der Waals surface area contributed by atoms with E-state index in [0.29, 0.717) is 33.8 Å². The van der Waals surface area contributed by atoms with Crippen molar-refractivity contribution in [2.75, 3.05) is 5.32 Å². The van der Waals surface area contributed by atoms with Crippen LogP contribution in [0.2, 0.25) is 5.02 Å². The number of carbonyl (C=O) groups is 1. The number of fused-ring (bicyclic) bond motifs is 2. The van der Waals surface area contributed by atoms with Crippen molar-refractivity contribution in [1.82, 2.24) is 9.55 Å². The zero-order valence-electron chi connectivity index (χ0n) is 15.8. The Morgan fingerprint density at radius 3 is 2.52 bits per heavy atom. The fourth-order valence-electron chi connectivity index (χ4n) is 5.11. The molecule has 1 N–H and O–H groups in total. The molecule has 2 fully saturated rings. The van der Waals surface area contributed by atoms with E-state index >= 15 is 0 Å². The van der Waals surface area contributed by atoms with Gasteiger partial charge in [-0.05, 0) is 54.9 Å². The number of benzene rings is 2. The van der Waals surface area contributed by atoms with Gasteiger partial charge in [0.25, 0.3) is 0 Å². The molecule has 1 aromatic heterocycles. The predicted octanol–water partition coefficient (Wildman–Crippen LogP) is 5.44. The highest BCUT2D eigenvalue weighted by molar-refractivity contribution is 6.30. The van der Waals surface area contributed by atoms with Gasteiger partial charge in [0.1, 0.15) is 0 Å². The molecule has 0 aliphatic heterocycles.